The third-order valence-electron chi connectivity index (χ3n) is 8.92. The van der Waals surface area contributed by atoms with Crippen molar-refractivity contribution in [2.75, 3.05) is 13.2 Å². The number of carbonyl (C=O) groups is 10. The van der Waals surface area contributed by atoms with Crippen LogP contribution in [0.5, 0.6) is 0 Å². The Morgan fingerprint density at radius 3 is 1.35 bits per heavy atom. The predicted octanol–water partition coefficient (Wildman–Crippen LogP) is -2.25. The first-order valence-corrected chi connectivity index (χ1v) is 20.1. The summed E-state index contributed by atoms with van der Waals surface area (Å²) >= 11 is 0. The number of hydrogen-bond donors (Lipinski definition) is 12. The maximum absolute atomic E-state index is 13.6. The van der Waals surface area contributed by atoms with Gasteiger partial charge in [0.1, 0.15) is 36.3 Å². The van der Waals surface area contributed by atoms with Gasteiger partial charge in [-0.3, -0.25) is 43.2 Å². The number of hydrogen-bond acceptors (Lipinski definition) is 12. The molecule has 0 heterocycles. The summed E-state index contributed by atoms with van der Waals surface area (Å²) in [4.78, 5) is 127. The molecule has 1 rings (SSSR count). The van der Waals surface area contributed by atoms with Gasteiger partial charge in [-0.25, -0.2) is 4.79 Å². The van der Waals surface area contributed by atoms with Crippen LogP contribution in [-0.2, 0) is 54.4 Å². The minimum atomic E-state index is -1.86. The highest BCUT2D eigenvalue weighted by Gasteiger charge is 2.34. The standard InChI is InChI=1S/C40H62N8O14/c1-20(2)12-25(35(56)42-18-31(50)43-29(40(61)62)15-23-10-8-7-9-11-23)45-39(60)30(19-49)48-38(59)28(17-33(53)54)47-37(58)27(14-22(5)6)46-36(57)26(13-21(3)4)44-34(55)24(41)16-32(51)52/h7-11,20-22,24-30,49H,12-19,41H2,1-6H3,(H,42,56)(H,43,50)(H,44,55)(H,45,60)(H,46,57)(H,47,58)(H,48,59)(H,51,52)(H,53,54)(H,61,62)/t24-,25-,26-,27-,28-,29-,30-/m0/s1. The molecule has 7 amide bonds. The fraction of sp³-hybridized carbons (Fsp3) is 0.600. The molecule has 0 spiro atoms. The van der Waals surface area contributed by atoms with Crippen molar-refractivity contribution in [3.05, 3.63) is 35.9 Å². The molecule has 346 valence electrons. The van der Waals surface area contributed by atoms with Crippen LogP contribution in [0.2, 0.25) is 0 Å². The number of nitrogens with one attached hydrogen (secondary N) is 7. The Hall–Kier alpha value is -6.16. The number of carboxylic acids is 3. The van der Waals surface area contributed by atoms with E-state index in [0.717, 1.165) is 0 Å². The summed E-state index contributed by atoms with van der Waals surface area (Å²) in [6.07, 6.45) is -1.73. The quantitative estimate of drug-likeness (QED) is 0.0423. The first-order valence-electron chi connectivity index (χ1n) is 20.1. The molecule has 0 unspecified atom stereocenters. The van der Waals surface area contributed by atoms with E-state index in [2.05, 4.69) is 37.2 Å². The zero-order valence-electron chi connectivity index (χ0n) is 35.8. The van der Waals surface area contributed by atoms with Gasteiger partial charge in [0.05, 0.1) is 32.0 Å². The van der Waals surface area contributed by atoms with E-state index in [1.54, 1.807) is 71.9 Å². The van der Waals surface area contributed by atoms with Gasteiger partial charge in [0.25, 0.3) is 0 Å². The molecule has 0 aliphatic heterocycles. The summed E-state index contributed by atoms with van der Waals surface area (Å²) in [7, 11) is 0. The molecule has 0 saturated carbocycles. The monoisotopic (exact) mass is 878 g/mol. The Morgan fingerprint density at radius 1 is 0.516 bits per heavy atom. The Kier molecular flexibility index (Phi) is 23.4. The zero-order chi connectivity index (χ0) is 47.3. The van der Waals surface area contributed by atoms with E-state index in [1.165, 1.54) is 0 Å². The van der Waals surface area contributed by atoms with Crippen LogP contribution in [0.3, 0.4) is 0 Å². The van der Waals surface area contributed by atoms with E-state index >= 15 is 0 Å². The van der Waals surface area contributed by atoms with Gasteiger partial charge in [-0.2, -0.15) is 0 Å². The molecule has 0 aliphatic rings. The van der Waals surface area contributed by atoms with Crippen molar-refractivity contribution in [2.45, 2.75) is 122 Å². The lowest BCUT2D eigenvalue weighted by Crippen LogP contribution is -2.60. The average Bonchev–Trinajstić information content (AvgIpc) is 3.16. The summed E-state index contributed by atoms with van der Waals surface area (Å²) in [6, 6.07) is -1.90. The highest BCUT2D eigenvalue weighted by Crippen LogP contribution is 2.11. The molecule has 22 nitrogen and oxygen atoms in total. The highest BCUT2D eigenvalue weighted by atomic mass is 16.4. The van der Waals surface area contributed by atoms with Gasteiger partial charge in [-0.1, -0.05) is 71.9 Å². The number of aliphatic hydroxyl groups is 1. The minimum Gasteiger partial charge on any atom is -0.481 e. The molecule has 1 aromatic rings. The maximum Gasteiger partial charge on any atom is 0.326 e. The van der Waals surface area contributed by atoms with Crippen molar-refractivity contribution in [3.8, 4) is 0 Å². The van der Waals surface area contributed by atoms with E-state index in [-0.39, 0.29) is 43.4 Å². The van der Waals surface area contributed by atoms with Gasteiger partial charge >= 0.3 is 17.9 Å². The molecule has 0 fully saturated rings. The lowest BCUT2D eigenvalue weighted by atomic mass is 9.99. The van der Waals surface area contributed by atoms with Gasteiger partial charge in [0.15, 0.2) is 0 Å². The molecule has 62 heavy (non-hydrogen) atoms. The summed E-state index contributed by atoms with van der Waals surface area (Å²) in [6.45, 7) is 8.63. The summed E-state index contributed by atoms with van der Waals surface area (Å²) in [5.74, 6) is -11.6. The van der Waals surface area contributed by atoms with Crippen LogP contribution >= 0.6 is 0 Å². The lowest BCUT2D eigenvalue weighted by Gasteiger charge is -2.27. The first kappa shape index (κ1) is 53.9. The van der Waals surface area contributed by atoms with Crippen molar-refractivity contribution < 1.29 is 68.4 Å². The molecule has 1 aromatic carbocycles. The van der Waals surface area contributed by atoms with Gasteiger partial charge in [-0.15, -0.1) is 0 Å². The summed E-state index contributed by atoms with van der Waals surface area (Å²) in [5, 5.41) is 54.6. The fourth-order valence-corrected chi connectivity index (χ4v) is 5.92. The van der Waals surface area contributed by atoms with Gasteiger partial charge in [0.2, 0.25) is 41.4 Å². The van der Waals surface area contributed by atoms with E-state index in [9.17, 15) is 63.3 Å². The second kappa shape index (κ2) is 26.9. The van der Waals surface area contributed by atoms with Crippen LogP contribution in [0, 0.1) is 17.8 Å². The predicted molar refractivity (Wildman–Crippen MR) is 220 cm³/mol. The number of benzene rings is 1. The van der Waals surface area contributed by atoms with E-state index in [1.807, 2.05) is 0 Å². The molecule has 0 radical (unpaired) electrons. The Labute approximate surface area is 359 Å². The van der Waals surface area contributed by atoms with E-state index in [4.69, 9.17) is 10.8 Å². The first-order chi connectivity index (χ1) is 28.9. The number of aliphatic hydroxyl groups excluding tert-OH is 1. The molecular formula is C40H62N8O14. The van der Waals surface area contributed by atoms with E-state index in [0.29, 0.717) is 5.56 Å². The molecule has 22 heteroatoms. The topological polar surface area (TPSA) is 362 Å². The average molecular weight is 879 g/mol. The number of amides is 7. The second-order valence-electron chi connectivity index (χ2n) is 16.0. The SMILES string of the molecule is CC(C)C[C@H](NC(=O)[C@H](CO)NC(=O)[C@H](CC(=O)O)NC(=O)[C@H](CC(C)C)NC(=O)[C@H](CC(C)C)NC(=O)[C@@H](N)CC(=O)O)C(=O)NCC(=O)N[C@@H](Cc1ccccc1)C(=O)O. The Morgan fingerprint density at radius 2 is 0.919 bits per heavy atom. The van der Waals surface area contributed by atoms with Crippen molar-refractivity contribution in [3.63, 3.8) is 0 Å². The van der Waals surface area contributed by atoms with Gasteiger partial charge < -0.3 is 63.4 Å². The number of aliphatic carboxylic acids is 3. The number of carboxylic acid groups (broad SMARTS) is 3. The Balaban J connectivity index is 3.13. The van der Waals surface area contributed by atoms with Gasteiger partial charge in [0, 0.05) is 6.42 Å². The molecular weight excluding hydrogens is 816 g/mol. The van der Waals surface area contributed by atoms with Crippen LogP contribution in [0.4, 0.5) is 0 Å². The van der Waals surface area contributed by atoms with Crippen molar-refractivity contribution in [1.82, 2.24) is 37.2 Å². The van der Waals surface area contributed by atoms with Gasteiger partial charge in [-0.05, 0) is 42.6 Å². The third kappa shape index (κ3) is 20.9. The third-order valence-corrected chi connectivity index (χ3v) is 8.92. The highest BCUT2D eigenvalue weighted by molar-refractivity contribution is 5.98. The summed E-state index contributed by atoms with van der Waals surface area (Å²) in [5.41, 5.74) is 6.30. The second-order valence-corrected chi connectivity index (χ2v) is 16.0. The van der Waals surface area contributed by atoms with Crippen LogP contribution in [-0.4, -0.2) is 135 Å². The smallest absolute Gasteiger partial charge is 0.326 e. The molecule has 0 aromatic heterocycles. The van der Waals surface area contributed by atoms with Crippen LogP contribution < -0.4 is 43.0 Å². The summed E-state index contributed by atoms with van der Waals surface area (Å²) < 4.78 is 0. The van der Waals surface area contributed by atoms with E-state index < -0.39 is 128 Å². The molecule has 13 N–H and O–H groups in total. The maximum atomic E-state index is 13.6. The van der Waals surface area contributed by atoms with Crippen LogP contribution in [0.25, 0.3) is 0 Å². The van der Waals surface area contributed by atoms with Crippen molar-refractivity contribution in [2.24, 2.45) is 23.5 Å². The lowest BCUT2D eigenvalue weighted by molar-refractivity contribution is -0.142. The Bertz CT molecular complexity index is 1720. The molecule has 7 atom stereocenters. The normalized spacial score (nSPS) is 14.5. The van der Waals surface area contributed by atoms with Crippen LogP contribution in [0.15, 0.2) is 30.3 Å². The number of carbonyl (C=O) groups excluding carboxylic acids is 7. The molecule has 0 aliphatic carbocycles. The number of rotatable bonds is 28. The number of nitrogens with two attached hydrogens (primary N) is 1. The molecule has 0 saturated heterocycles. The van der Waals surface area contributed by atoms with Crippen LogP contribution in [0.1, 0.15) is 79.2 Å². The minimum absolute atomic E-state index is 0.00848. The van der Waals surface area contributed by atoms with Crippen molar-refractivity contribution in [1.29, 1.82) is 0 Å². The zero-order valence-corrected chi connectivity index (χ0v) is 35.8. The molecule has 0 bridgehead atoms. The largest absolute Gasteiger partial charge is 0.481 e. The van der Waals surface area contributed by atoms with Crippen molar-refractivity contribution >= 4 is 59.3 Å². The fourth-order valence-electron chi connectivity index (χ4n) is 5.92.